The van der Waals surface area contributed by atoms with E-state index in [-0.39, 0.29) is 11.8 Å². The molecule has 1 rings (SSSR count). The molecule has 0 aromatic heterocycles. The minimum absolute atomic E-state index is 0.0723. The maximum atomic E-state index is 12.2. The highest BCUT2D eigenvalue weighted by Gasteiger charge is 2.25. The Balaban J connectivity index is 2.42. The van der Waals surface area contributed by atoms with Crippen LogP contribution in [0, 0.1) is 11.8 Å². The Morgan fingerprint density at radius 1 is 1.37 bits per heavy atom. The summed E-state index contributed by atoms with van der Waals surface area (Å²) in [6.07, 6.45) is 5.36. The zero-order chi connectivity index (χ0) is 14.4. The second-order valence-corrected chi connectivity index (χ2v) is 5.86. The van der Waals surface area contributed by atoms with Crippen LogP contribution in [0.3, 0.4) is 0 Å². The molecule has 4 nitrogen and oxygen atoms in total. The normalized spacial score (nSPS) is 19.4. The lowest BCUT2D eigenvalue weighted by Gasteiger charge is -2.28. The molecule has 0 spiro atoms. The fraction of sp³-hybridized carbons (Fsp3) is 0.733. The minimum Gasteiger partial charge on any atom is -0.478 e. The lowest BCUT2D eigenvalue weighted by atomic mass is 9.85. The average molecular weight is 267 g/mol. The van der Waals surface area contributed by atoms with Gasteiger partial charge in [0.2, 0.25) is 5.91 Å². The summed E-state index contributed by atoms with van der Waals surface area (Å²) >= 11 is 0. The third-order valence-electron chi connectivity index (χ3n) is 3.72. The largest absolute Gasteiger partial charge is 0.478 e. The van der Waals surface area contributed by atoms with E-state index in [1.807, 2.05) is 11.9 Å². The molecule has 1 fully saturated rings. The summed E-state index contributed by atoms with van der Waals surface area (Å²) in [5.74, 6) is 0.0127. The molecular weight excluding hydrogens is 242 g/mol. The van der Waals surface area contributed by atoms with Gasteiger partial charge in [0.05, 0.1) is 0 Å². The molecule has 19 heavy (non-hydrogen) atoms. The van der Waals surface area contributed by atoms with Gasteiger partial charge in [0.15, 0.2) is 0 Å². The molecule has 0 aliphatic heterocycles. The predicted molar refractivity (Wildman–Crippen MR) is 74.8 cm³/mol. The van der Waals surface area contributed by atoms with Crippen molar-refractivity contribution in [2.24, 2.45) is 11.8 Å². The van der Waals surface area contributed by atoms with Gasteiger partial charge in [0.1, 0.15) is 0 Å². The number of amides is 1. The average Bonchev–Trinajstić information content (AvgIpc) is 2.35. The summed E-state index contributed by atoms with van der Waals surface area (Å²) in [5.41, 5.74) is 0.960. The molecule has 0 aromatic carbocycles. The molecule has 1 saturated carbocycles. The van der Waals surface area contributed by atoms with Crippen LogP contribution in [0.15, 0.2) is 11.6 Å². The molecule has 0 aromatic rings. The van der Waals surface area contributed by atoms with Crippen molar-refractivity contribution in [2.75, 3.05) is 13.6 Å². The first-order valence-corrected chi connectivity index (χ1v) is 7.07. The van der Waals surface area contributed by atoms with Crippen molar-refractivity contribution in [3.8, 4) is 0 Å². The van der Waals surface area contributed by atoms with Crippen molar-refractivity contribution in [1.29, 1.82) is 0 Å². The zero-order valence-electron chi connectivity index (χ0n) is 12.2. The topological polar surface area (TPSA) is 57.6 Å². The molecule has 0 bridgehead atoms. The Labute approximate surface area is 115 Å². The van der Waals surface area contributed by atoms with E-state index in [0.29, 0.717) is 5.92 Å². The number of hydrogen-bond acceptors (Lipinski definition) is 2. The molecule has 1 N–H and O–H groups in total. The van der Waals surface area contributed by atoms with Gasteiger partial charge in [-0.05, 0) is 38.0 Å². The van der Waals surface area contributed by atoms with Crippen molar-refractivity contribution in [2.45, 2.75) is 46.0 Å². The van der Waals surface area contributed by atoms with Gasteiger partial charge in [-0.3, -0.25) is 4.79 Å². The first kappa shape index (κ1) is 15.7. The van der Waals surface area contributed by atoms with Crippen LogP contribution in [0.2, 0.25) is 0 Å². The van der Waals surface area contributed by atoms with Gasteiger partial charge >= 0.3 is 5.97 Å². The molecule has 0 saturated heterocycles. The molecule has 1 amide bonds. The van der Waals surface area contributed by atoms with E-state index in [4.69, 9.17) is 5.11 Å². The lowest BCUT2D eigenvalue weighted by molar-refractivity contribution is -0.135. The van der Waals surface area contributed by atoms with Gasteiger partial charge < -0.3 is 10.0 Å². The second kappa shape index (κ2) is 7.31. The number of carboxylic acid groups (broad SMARTS) is 1. The van der Waals surface area contributed by atoms with E-state index < -0.39 is 5.97 Å². The van der Waals surface area contributed by atoms with Gasteiger partial charge in [-0.15, -0.1) is 0 Å². The van der Waals surface area contributed by atoms with Crippen molar-refractivity contribution >= 4 is 11.9 Å². The molecule has 0 unspecified atom stereocenters. The number of rotatable bonds is 5. The summed E-state index contributed by atoms with van der Waals surface area (Å²) in [4.78, 5) is 24.6. The summed E-state index contributed by atoms with van der Waals surface area (Å²) in [5, 5.41) is 8.70. The molecule has 1 aliphatic rings. The second-order valence-electron chi connectivity index (χ2n) is 5.86. The molecule has 0 radical (unpaired) electrons. The van der Waals surface area contributed by atoms with Gasteiger partial charge in [0, 0.05) is 25.6 Å². The van der Waals surface area contributed by atoms with E-state index in [1.54, 1.807) is 0 Å². The van der Waals surface area contributed by atoms with E-state index in [0.717, 1.165) is 44.2 Å². The SMILES string of the molecule is CC(C)CCN(C)C(=O)C1CCC(=CC(=O)O)CC1. The van der Waals surface area contributed by atoms with E-state index in [9.17, 15) is 9.59 Å². The van der Waals surface area contributed by atoms with Crippen LogP contribution in [0.4, 0.5) is 0 Å². The molecular formula is C15H25NO3. The number of allylic oxidation sites excluding steroid dienone is 1. The molecule has 0 heterocycles. The Kier molecular flexibility index (Phi) is 6.06. The van der Waals surface area contributed by atoms with Gasteiger partial charge in [-0.2, -0.15) is 0 Å². The predicted octanol–water partition coefficient (Wildman–Crippen LogP) is 2.69. The number of hydrogen-bond donors (Lipinski definition) is 1. The molecule has 1 aliphatic carbocycles. The first-order chi connectivity index (χ1) is 8.90. The Bertz CT molecular complexity index is 350. The highest BCUT2D eigenvalue weighted by Crippen LogP contribution is 2.29. The van der Waals surface area contributed by atoms with Crippen molar-refractivity contribution in [3.63, 3.8) is 0 Å². The standard InChI is InChI=1S/C15H25NO3/c1-11(2)8-9-16(3)15(19)13-6-4-12(5-7-13)10-14(17)18/h10-11,13H,4-9H2,1-3H3,(H,17,18). The lowest BCUT2D eigenvalue weighted by Crippen LogP contribution is -2.35. The minimum atomic E-state index is -0.881. The van der Waals surface area contributed by atoms with Crippen molar-refractivity contribution < 1.29 is 14.7 Å². The number of nitrogens with zero attached hydrogens (tertiary/aromatic N) is 1. The maximum Gasteiger partial charge on any atom is 0.328 e. The maximum absolute atomic E-state index is 12.2. The highest BCUT2D eigenvalue weighted by atomic mass is 16.4. The van der Waals surface area contributed by atoms with Crippen molar-refractivity contribution in [3.05, 3.63) is 11.6 Å². The fourth-order valence-electron chi connectivity index (χ4n) is 2.43. The molecule has 4 heteroatoms. The summed E-state index contributed by atoms with van der Waals surface area (Å²) in [6, 6.07) is 0. The van der Waals surface area contributed by atoms with Crippen molar-refractivity contribution in [1.82, 2.24) is 4.90 Å². The summed E-state index contributed by atoms with van der Waals surface area (Å²) in [7, 11) is 1.87. The monoisotopic (exact) mass is 267 g/mol. The van der Waals surface area contributed by atoms with Crippen LogP contribution >= 0.6 is 0 Å². The summed E-state index contributed by atoms with van der Waals surface area (Å²) in [6.45, 7) is 5.12. The van der Waals surface area contributed by atoms with Crippen LogP contribution in [0.1, 0.15) is 46.0 Å². The molecule has 0 atom stereocenters. The number of carbonyl (C=O) groups excluding carboxylic acids is 1. The summed E-state index contributed by atoms with van der Waals surface area (Å²) < 4.78 is 0. The van der Waals surface area contributed by atoms with Gasteiger partial charge in [-0.25, -0.2) is 4.79 Å². The van der Waals surface area contributed by atoms with E-state index in [1.165, 1.54) is 6.08 Å². The van der Waals surface area contributed by atoms with Gasteiger partial charge in [0.25, 0.3) is 0 Å². The van der Waals surface area contributed by atoms with Crippen LogP contribution in [0.5, 0.6) is 0 Å². The van der Waals surface area contributed by atoms with Crippen LogP contribution in [-0.2, 0) is 9.59 Å². The highest BCUT2D eigenvalue weighted by molar-refractivity contribution is 5.81. The number of aliphatic carboxylic acids is 1. The third kappa shape index (κ3) is 5.45. The fourth-order valence-corrected chi connectivity index (χ4v) is 2.43. The number of carbonyl (C=O) groups is 2. The third-order valence-corrected chi connectivity index (χ3v) is 3.72. The Morgan fingerprint density at radius 2 is 1.95 bits per heavy atom. The smallest absolute Gasteiger partial charge is 0.328 e. The quantitative estimate of drug-likeness (QED) is 0.779. The Morgan fingerprint density at radius 3 is 2.42 bits per heavy atom. The van der Waals surface area contributed by atoms with Crippen LogP contribution in [-0.4, -0.2) is 35.5 Å². The van der Waals surface area contributed by atoms with E-state index in [2.05, 4.69) is 13.8 Å². The zero-order valence-corrected chi connectivity index (χ0v) is 12.2. The Hall–Kier alpha value is -1.32. The number of carboxylic acids is 1. The van der Waals surface area contributed by atoms with Crippen LogP contribution in [0.25, 0.3) is 0 Å². The first-order valence-electron chi connectivity index (χ1n) is 7.07. The molecule has 108 valence electrons. The van der Waals surface area contributed by atoms with E-state index >= 15 is 0 Å². The van der Waals surface area contributed by atoms with Crippen LogP contribution < -0.4 is 0 Å². The van der Waals surface area contributed by atoms with Gasteiger partial charge in [-0.1, -0.05) is 19.4 Å².